The monoisotopic (exact) mass is 319 g/mol. The Hall–Kier alpha value is -2.21. The fraction of sp³-hybridized carbons (Fsp3) is 0.471. The van der Waals surface area contributed by atoms with Crippen LogP contribution in [0.15, 0.2) is 12.1 Å². The van der Waals surface area contributed by atoms with Gasteiger partial charge < -0.3 is 14.4 Å². The maximum absolute atomic E-state index is 12.7. The van der Waals surface area contributed by atoms with E-state index in [-0.39, 0.29) is 22.8 Å². The van der Waals surface area contributed by atoms with Gasteiger partial charge >= 0.3 is 5.97 Å². The van der Waals surface area contributed by atoms with Gasteiger partial charge in [-0.3, -0.25) is 9.59 Å². The fourth-order valence-electron chi connectivity index (χ4n) is 2.85. The number of methoxy groups -OCH3 is 2. The van der Waals surface area contributed by atoms with E-state index in [1.54, 1.807) is 24.1 Å². The topological polar surface area (TPSA) is 72.9 Å². The number of carbonyl (C=O) groups excluding carboxylic acids is 3. The van der Waals surface area contributed by atoms with Crippen LogP contribution in [0.25, 0.3) is 0 Å². The average molecular weight is 319 g/mol. The summed E-state index contributed by atoms with van der Waals surface area (Å²) in [5.41, 5.74) is 1.04. The molecule has 124 valence electrons. The molecule has 0 saturated carbocycles. The molecule has 6 heteroatoms. The first kappa shape index (κ1) is 17.1. The van der Waals surface area contributed by atoms with Crippen molar-refractivity contribution in [2.24, 2.45) is 0 Å². The molecule has 0 aliphatic carbocycles. The van der Waals surface area contributed by atoms with E-state index in [9.17, 15) is 14.4 Å². The highest BCUT2D eigenvalue weighted by atomic mass is 16.5. The van der Waals surface area contributed by atoms with Crippen molar-refractivity contribution in [3.63, 3.8) is 0 Å². The Morgan fingerprint density at radius 3 is 2.35 bits per heavy atom. The predicted molar refractivity (Wildman–Crippen MR) is 85.0 cm³/mol. The zero-order valence-corrected chi connectivity index (χ0v) is 14.1. The van der Waals surface area contributed by atoms with E-state index >= 15 is 0 Å². The molecular weight excluding hydrogens is 298 g/mol. The second kappa shape index (κ2) is 6.12. The smallest absolute Gasteiger partial charge is 0.338 e. The molecule has 1 aromatic rings. The molecule has 0 fully saturated rings. The third-order valence-corrected chi connectivity index (χ3v) is 4.18. The summed E-state index contributed by atoms with van der Waals surface area (Å²) in [6.45, 7) is 5.76. The van der Waals surface area contributed by atoms with Gasteiger partial charge in [-0.05, 0) is 38.5 Å². The molecule has 1 heterocycles. The lowest BCUT2D eigenvalue weighted by Gasteiger charge is -2.19. The molecule has 1 aromatic carbocycles. The number of ether oxygens (including phenoxy) is 2. The van der Waals surface area contributed by atoms with Crippen LogP contribution >= 0.6 is 0 Å². The number of ketones is 1. The molecule has 0 atom stereocenters. The van der Waals surface area contributed by atoms with Crippen LogP contribution in [-0.4, -0.2) is 45.0 Å². The van der Waals surface area contributed by atoms with Crippen molar-refractivity contribution < 1.29 is 23.9 Å². The van der Waals surface area contributed by atoms with Gasteiger partial charge in [-0.2, -0.15) is 0 Å². The largest absolute Gasteiger partial charge is 0.465 e. The standard InChI is InChI=1S/C17H21NO5/c1-10(19)11-8-13-14(9-12(11)15(20)23-5)18(6-7-22-4)16(21)17(13,2)3/h8-9H,6-7H2,1-5H3. The summed E-state index contributed by atoms with van der Waals surface area (Å²) >= 11 is 0. The number of benzene rings is 1. The van der Waals surface area contributed by atoms with E-state index in [1.165, 1.54) is 14.0 Å². The number of fused-ring (bicyclic) bond motifs is 1. The maximum Gasteiger partial charge on any atom is 0.338 e. The maximum atomic E-state index is 12.7. The van der Waals surface area contributed by atoms with Gasteiger partial charge in [0.05, 0.1) is 24.7 Å². The summed E-state index contributed by atoms with van der Waals surface area (Å²) in [5.74, 6) is -0.922. The predicted octanol–water partition coefficient (Wildman–Crippen LogP) is 1.95. The lowest BCUT2D eigenvalue weighted by Crippen LogP contribution is -2.38. The summed E-state index contributed by atoms with van der Waals surface area (Å²) < 4.78 is 9.82. The van der Waals surface area contributed by atoms with E-state index in [0.29, 0.717) is 18.8 Å². The van der Waals surface area contributed by atoms with Gasteiger partial charge in [-0.1, -0.05) is 0 Å². The molecule has 0 spiro atoms. The number of amides is 1. The number of rotatable bonds is 5. The van der Waals surface area contributed by atoms with Gasteiger partial charge in [0.15, 0.2) is 5.78 Å². The van der Waals surface area contributed by atoms with Crippen LogP contribution in [0.3, 0.4) is 0 Å². The summed E-state index contributed by atoms with van der Waals surface area (Å²) in [6, 6.07) is 3.20. The fourth-order valence-corrected chi connectivity index (χ4v) is 2.85. The molecule has 0 saturated heterocycles. The Labute approximate surface area is 135 Å². The van der Waals surface area contributed by atoms with Crippen molar-refractivity contribution in [3.05, 3.63) is 28.8 Å². The lowest BCUT2D eigenvalue weighted by molar-refractivity contribution is -0.122. The van der Waals surface area contributed by atoms with Crippen LogP contribution in [0, 0.1) is 0 Å². The van der Waals surface area contributed by atoms with Crippen molar-refractivity contribution in [2.45, 2.75) is 26.2 Å². The molecule has 0 radical (unpaired) electrons. The van der Waals surface area contributed by atoms with Gasteiger partial charge in [0.25, 0.3) is 0 Å². The number of nitrogens with zero attached hydrogens (tertiary/aromatic N) is 1. The molecule has 0 unspecified atom stereocenters. The number of hydrogen-bond acceptors (Lipinski definition) is 5. The van der Waals surface area contributed by atoms with Gasteiger partial charge in [0.2, 0.25) is 5.91 Å². The number of hydrogen-bond donors (Lipinski definition) is 0. The highest BCUT2D eigenvalue weighted by Gasteiger charge is 2.44. The first-order valence-electron chi connectivity index (χ1n) is 7.34. The second-order valence-corrected chi connectivity index (χ2v) is 6.04. The summed E-state index contributed by atoms with van der Waals surface area (Å²) in [5, 5.41) is 0. The molecule has 1 aliphatic rings. The number of Topliss-reactive ketones (excluding diaryl/α,β-unsaturated/α-hetero) is 1. The number of carbonyl (C=O) groups is 3. The molecule has 1 aliphatic heterocycles. The molecule has 6 nitrogen and oxygen atoms in total. The third-order valence-electron chi connectivity index (χ3n) is 4.18. The summed E-state index contributed by atoms with van der Waals surface area (Å²) in [4.78, 5) is 38.2. The Morgan fingerprint density at radius 2 is 1.83 bits per heavy atom. The van der Waals surface area contributed by atoms with E-state index in [4.69, 9.17) is 9.47 Å². The molecule has 1 amide bonds. The van der Waals surface area contributed by atoms with Crippen LogP contribution in [0.5, 0.6) is 0 Å². The molecule has 0 N–H and O–H groups in total. The highest BCUT2D eigenvalue weighted by Crippen LogP contribution is 2.43. The van der Waals surface area contributed by atoms with Crippen molar-refractivity contribution >= 4 is 23.3 Å². The van der Waals surface area contributed by atoms with Crippen LogP contribution in [0.1, 0.15) is 47.1 Å². The van der Waals surface area contributed by atoms with E-state index in [1.807, 2.05) is 13.8 Å². The second-order valence-electron chi connectivity index (χ2n) is 6.04. The van der Waals surface area contributed by atoms with E-state index < -0.39 is 11.4 Å². The van der Waals surface area contributed by atoms with Gasteiger partial charge in [-0.25, -0.2) is 4.79 Å². The third kappa shape index (κ3) is 2.74. The molecule has 2 rings (SSSR count). The zero-order valence-electron chi connectivity index (χ0n) is 14.1. The van der Waals surface area contributed by atoms with Crippen LogP contribution in [-0.2, 0) is 19.7 Å². The van der Waals surface area contributed by atoms with Crippen molar-refractivity contribution in [1.82, 2.24) is 0 Å². The van der Waals surface area contributed by atoms with Crippen molar-refractivity contribution in [3.8, 4) is 0 Å². The first-order chi connectivity index (χ1) is 10.8. The summed E-state index contributed by atoms with van der Waals surface area (Å²) in [7, 11) is 2.82. The highest BCUT2D eigenvalue weighted by molar-refractivity contribution is 6.12. The zero-order chi connectivity index (χ0) is 17.4. The van der Waals surface area contributed by atoms with Gasteiger partial charge in [0.1, 0.15) is 0 Å². The van der Waals surface area contributed by atoms with Gasteiger partial charge in [0, 0.05) is 24.9 Å². The SMILES string of the molecule is COCCN1C(=O)C(C)(C)c2cc(C(C)=O)c(C(=O)OC)cc21. The minimum absolute atomic E-state index is 0.0823. The summed E-state index contributed by atoms with van der Waals surface area (Å²) in [6.07, 6.45) is 0. The minimum Gasteiger partial charge on any atom is -0.465 e. The molecular formula is C17H21NO5. The van der Waals surface area contributed by atoms with Crippen LogP contribution in [0.4, 0.5) is 5.69 Å². The van der Waals surface area contributed by atoms with Gasteiger partial charge in [-0.15, -0.1) is 0 Å². The Balaban J connectivity index is 2.67. The van der Waals surface area contributed by atoms with Crippen LogP contribution in [0.2, 0.25) is 0 Å². The average Bonchev–Trinajstić information content (AvgIpc) is 2.70. The quantitative estimate of drug-likeness (QED) is 0.612. The number of esters is 1. The van der Waals surface area contributed by atoms with Crippen molar-refractivity contribution in [1.29, 1.82) is 0 Å². The lowest BCUT2D eigenvalue weighted by atomic mass is 9.84. The normalized spacial score (nSPS) is 15.5. The Morgan fingerprint density at radius 1 is 1.17 bits per heavy atom. The Bertz CT molecular complexity index is 678. The van der Waals surface area contributed by atoms with Crippen molar-refractivity contribution in [2.75, 3.05) is 32.3 Å². The number of anilines is 1. The van der Waals surface area contributed by atoms with E-state index in [0.717, 1.165) is 5.56 Å². The Kier molecular flexibility index (Phi) is 4.56. The molecule has 23 heavy (non-hydrogen) atoms. The van der Waals surface area contributed by atoms with E-state index in [2.05, 4.69) is 0 Å². The minimum atomic E-state index is -0.762. The first-order valence-corrected chi connectivity index (χ1v) is 7.34. The molecule has 0 aromatic heterocycles. The van der Waals surface area contributed by atoms with Crippen LogP contribution < -0.4 is 4.90 Å². The molecule has 0 bridgehead atoms.